The van der Waals surface area contributed by atoms with Crippen LogP contribution in [0.2, 0.25) is 0 Å². The van der Waals surface area contributed by atoms with Crippen LogP contribution < -0.4 is 10.5 Å². The van der Waals surface area contributed by atoms with E-state index in [2.05, 4.69) is 49.9 Å². The first-order valence-corrected chi connectivity index (χ1v) is 8.34. The number of ether oxygens (including phenoxy) is 1. The summed E-state index contributed by atoms with van der Waals surface area (Å²) in [5.74, 6) is 0.957. The summed E-state index contributed by atoms with van der Waals surface area (Å²) in [6.45, 7) is 8.40. The van der Waals surface area contributed by atoms with Gasteiger partial charge in [-0.3, -0.25) is 4.90 Å². The molecule has 2 atom stereocenters. The predicted octanol–water partition coefficient (Wildman–Crippen LogP) is 3.74. The average molecular weight is 290 g/mol. The molecule has 0 spiro atoms. The molecule has 0 aliphatic carbocycles. The second kappa shape index (κ2) is 7.81. The van der Waals surface area contributed by atoms with Crippen molar-refractivity contribution in [2.45, 2.75) is 64.6 Å². The topological polar surface area (TPSA) is 38.5 Å². The van der Waals surface area contributed by atoms with Crippen LogP contribution >= 0.6 is 0 Å². The Morgan fingerprint density at radius 2 is 1.90 bits per heavy atom. The number of nitrogens with zero attached hydrogens (tertiary/aromatic N) is 1. The van der Waals surface area contributed by atoms with Crippen LogP contribution in [0.1, 0.15) is 58.1 Å². The van der Waals surface area contributed by atoms with Gasteiger partial charge in [-0.15, -0.1) is 0 Å². The molecule has 3 nitrogen and oxygen atoms in total. The molecule has 0 radical (unpaired) electrons. The van der Waals surface area contributed by atoms with Gasteiger partial charge in [-0.05, 0) is 70.8 Å². The first kappa shape index (κ1) is 16.3. The van der Waals surface area contributed by atoms with Gasteiger partial charge in [-0.2, -0.15) is 0 Å². The molecular formula is C18H30N2O. The van der Waals surface area contributed by atoms with Gasteiger partial charge < -0.3 is 10.5 Å². The Morgan fingerprint density at radius 3 is 2.52 bits per heavy atom. The number of nitrogens with two attached hydrogens (primary N) is 1. The normalized spacial score (nSPS) is 21.5. The average Bonchev–Trinajstić information content (AvgIpc) is 2.48. The van der Waals surface area contributed by atoms with Gasteiger partial charge in [-0.1, -0.05) is 18.6 Å². The molecule has 2 rings (SSSR count). The zero-order chi connectivity index (χ0) is 15.2. The maximum Gasteiger partial charge on any atom is 0.119 e. The summed E-state index contributed by atoms with van der Waals surface area (Å²) in [7, 11) is 0. The molecule has 118 valence electrons. The van der Waals surface area contributed by atoms with E-state index in [9.17, 15) is 0 Å². The Labute approximate surface area is 129 Å². The first-order valence-electron chi connectivity index (χ1n) is 8.34. The summed E-state index contributed by atoms with van der Waals surface area (Å²) in [6.07, 6.45) is 5.27. The van der Waals surface area contributed by atoms with Crippen molar-refractivity contribution in [2.75, 3.05) is 13.1 Å². The third-order valence-corrected chi connectivity index (χ3v) is 4.40. The Morgan fingerprint density at radius 1 is 1.19 bits per heavy atom. The Balaban J connectivity index is 2.05. The van der Waals surface area contributed by atoms with Gasteiger partial charge in [0.2, 0.25) is 0 Å². The highest BCUT2D eigenvalue weighted by molar-refractivity contribution is 5.29. The SMILES string of the molecule is CC(C)Oc1ccc(C(C)N2CCCCC2CCN)cc1. The molecule has 1 aromatic carbocycles. The van der Waals surface area contributed by atoms with Gasteiger partial charge in [0.1, 0.15) is 5.75 Å². The van der Waals surface area contributed by atoms with Gasteiger partial charge >= 0.3 is 0 Å². The molecular weight excluding hydrogens is 260 g/mol. The fourth-order valence-corrected chi connectivity index (χ4v) is 3.32. The van der Waals surface area contributed by atoms with Gasteiger partial charge in [0, 0.05) is 12.1 Å². The van der Waals surface area contributed by atoms with Crippen LogP contribution in [-0.4, -0.2) is 30.1 Å². The summed E-state index contributed by atoms with van der Waals surface area (Å²) in [4.78, 5) is 2.63. The van der Waals surface area contributed by atoms with Crippen molar-refractivity contribution in [3.8, 4) is 5.75 Å². The van der Waals surface area contributed by atoms with Crippen LogP contribution in [0.25, 0.3) is 0 Å². The van der Waals surface area contributed by atoms with E-state index in [0.29, 0.717) is 12.1 Å². The molecule has 0 aromatic heterocycles. The van der Waals surface area contributed by atoms with Gasteiger partial charge in [0.15, 0.2) is 0 Å². The second-order valence-electron chi connectivity index (χ2n) is 6.38. The lowest BCUT2D eigenvalue weighted by Gasteiger charge is -2.40. The van der Waals surface area contributed by atoms with Crippen molar-refractivity contribution in [3.63, 3.8) is 0 Å². The fraction of sp³-hybridized carbons (Fsp3) is 0.667. The van der Waals surface area contributed by atoms with Crippen LogP contribution in [0.3, 0.4) is 0 Å². The van der Waals surface area contributed by atoms with E-state index in [1.807, 2.05) is 0 Å². The van der Waals surface area contributed by atoms with Gasteiger partial charge in [0.25, 0.3) is 0 Å². The molecule has 2 N–H and O–H groups in total. The van der Waals surface area contributed by atoms with Gasteiger partial charge in [0.05, 0.1) is 6.10 Å². The summed E-state index contributed by atoms with van der Waals surface area (Å²) < 4.78 is 5.72. The summed E-state index contributed by atoms with van der Waals surface area (Å²) in [5.41, 5.74) is 7.15. The van der Waals surface area contributed by atoms with Crippen molar-refractivity contribution < 1.29 is 4.74 Å². The smallest absolute Gasteiger partial charge is 0.119 e. The monoisotopic (exact) mass is 290 g/mol. The lowest BCUT2D eigenvalue weighted by atomic mass is 9.95. The van der Waals surface area contributed by atoms with Crippen LogP contribution in [-0.2, 0) is 0 Å². The number of benzene rings is 1. The number of piperidine rings is 1. The molecule has 1 saturated heterocycles. The van der Waals surface area contributed by atoms with Crippen molar-refractivity contribution in [1.29, 1.82) is 0 Å². The fourth-order valence-electron chi connectivity index (χ4n) is 3.32. The van der Waals surface area contributed by atoms with E-state index in [1.165, 1.54) is 31.4 Å². The maximum atomic E-state index is 5.78. The standard InChI is InChI=1S/C18H30N2O/c1-14(2)21-18-9-7-16(8-10-18)15(3)20-13-5-4-6-17(20)11-12-19/h7-10,14-15,17H,4-6,11-13,19H2,1-3H3. The highest BCUT2D eigenvalue weighted by atomic mass is 16.5. The minimum Gasteiger partial charge on any atom is -0.491 e. The van der Waals surface area contributed by atoms with E-state index in [-0.39, 0.29) is 6.10 Å². The van der Waals surface area contributed by atoms with Crippen LogP contribution in [0.15, 0.2) is 24.3 Å². The molecule has 1 aliphatic heterocycles. The predicted molar refractivity (Wildman–Crippen MR) is 88.6 cm³/mol. The number of rotatable bonds is 6. The summed E-state index contributed by atoms with van der Waals surface area (Å²) >= 11 is 0. The van der Waals surface area contributed by atoms with Crippen molar-refractivity contribution in [2.24, 2.45) is 5.73 Å². The van der Waals surface area contributed by atoms with E-state index in [0.717, 1.165) is 18.7 Å². The molecule has 1 aromatic rings. The first-order chi connectivity index (χ1) is 10.1. The van der Waals surface area contributed by atoms with Crippen molar-refractivity contribution in [1.82, 2.24) is 4.90 Å². The van der Waals surface area contributed by atoms with Crippen LogP contribution in [0.5, 0.6) is 5.75 Å². The van der Waals surface area contributed by atoms with E-state index in [4.69, 9.17) is 10.5 Å². The molecule has 3 heteroatoms. The van der Waals surface area contributed by atoms with Crippen LogP contribution in [0, 0.1) is 0 Å². The molecule has 1 heterocycles. The number of hydrogen-bond acceptors (Lipinski definition) is 3. The third-order valence-electron chi connectivity index (χ3n) is 4.40. The molecule has 0 bridgehead atoms. The zero-order valence-electron chi connectivity index (χ0n) is 13.7. The molecule has 1 fully saturated rings. The van der Waals surface area contributed by atoms with E-state index >= 15 is 0 Å². The summed E-state index contributed by atoms with van der Waals surface area (Å²) in [6, 6.07) is 9.69. The maximum absolute atomic E-state index is 5.78. The number of likely N-dealkylation sites (tertiary alicyclic amines) is 1. The third kappa shape index (κ3) is 4.45. The molecule has 0 saturated carbocycles. The van der Waals surface area contributed by atoms with E-state index in [1.54, 1.807) is 0 Å². The minimum absolute atomic E-state index is 0.226. The molecule has 2 unspecified atom stereocenters. The Hall–Kier alpha value is -1.06. The quantitative estimate of drug-likeness (QED) is 0.867. The Kier molecular flexibility index (Phi) is 6.07. The summed E-state index contributed by atoms with van der Waals surface area (Å²) in [5, 5.41) is 0. The zero-order valence-corrected chi connectivity index (χ0v) is 13.7. The largest absolute Gasteiger partial charge is 0.491 e. The molecule has 1 aliphatic rings. The second-order valence-corrected chi connectivity index (χ2v) is 6.38. The van der Waals surface area contributed by atoms with Crippen LogP contribution in [0.4, 0.5) is 0 Å². The van der Waals surface area contributed by atoms with Crippen molar-refractivity contribution >= 4 is 0 Å². The Bertz CT molecular complexity index is 414. The lowest BCUT2D eigenvalue weighted by Crippen LogP contribution is -2.42. The van der Waals surface area contributed by atoms with Gasteiger partial charge in [-0.25, -0.2) is 0 Å². The lowest BCUT2D eigenvalue weighted by molar-refractivity contribution is 0.0983. The minimum atomic E-state index is 0.226. The highest BCUT2D eigenvalue weighted by Crippen LogP contribution is 2.30. The number of hydrogen-bond donors (Lipinski definition) is 1. The molecule has 21 heavy (non-hydrogen) atoms. The van der Waals surface area contributed by atoms with Crippen molar-refractivity contribution in [3.05, 3.63) is 29.8 Å². The molecule has 0 amide bonds. The van der Waals surface area contributed by atoms with E-state index < -0.39 is 0 Å². The highest BCUT2D eigenvalue weighted by Gasteiger charge is 2.26.